The quantitative estimate of drug-likeness (QED) is 0.556. The third-order valence-corrected chi connectivity index (χ3v) is 7.14. The number of carbonyl (C=O) groups is 1. The van der Waals surface area contributed by atoms with Crippen molar-refractivity contribution in [2.24, 2.45) is 17.1 Å². The summed E-state index contributed by atoms with van der Waals surface area (Å²) in [5, 5.41) is 30.7. The molecular formula is C30H29N5O4. The highest BCUT2D eigenvalue weighted by Crippen LogP contribution is 2.55. The van der Waals surface area contributed by atoms with Gasteiger partial charge in [-0.05, 0) is 35.3 Å². The van der Waals surface area contributed by atoms with Crippen LogP contribution < -0.4 is 15.2 Å². The van der Waals surface area contributed by atoms with Gasteiger partial charge in [0.25, 0.3) is 0 Å². The van der Waals surface area contributed by atoms with E-state index in [-0.39, 0.29) is 31.0 Å². The molecule has 2 aliphatic rings. The van der Waals surface area contributed by atoms with Crippen LogP contribution in [0.5, 0.6) is 11.5 Å². The number of amides is 1. The zero-order valence-electron chi connectivity index (χ0n) is 21.9. The molecule has 0 fully saturated rings. The number of fused-ring (bicyclic) bond motifs is 1. The van der Waals surface area contributed by atoms with Crippen molar-refractivity contribution in [3.63, 3.8) is 0 Å². The average molecular weight is 524 g/mol. The van der Waals surface area contributed by atoms with E-state index in [0.29, 0.717) is 29.2 Å². The Morgan fingerprint density at radius 3 is 2.51 bits per heavy atom. The van der Waals surface area contributed by atoms with Gasteiger partial charge < -0.3 is 24.8 Å². The molecule has 1 aliphatic heterocycles. The maximum atomic E-state index is 13.1. The van der Waals surface area contributed by atoms with Crippen molar-refractivity contribution < 1.29 is 19.0 Å². The Kier molecular flexibility index (Phi) is 8.08. The third kappa shape index (κ3) is 4.98. The molecular weight excluding hydrogens is 494 g/mol. The van der Waals surface area contributed by atoms with Crippen LogP contribution in [0.25, 0.3) is 0 Å². The predicted molar refractivity (Wildman–Crippen MR) is 142 cm³/mol. The molecule has 0 radical (unpaired) electrons. The number of benzene rings is 2. The van der Waals surface area contributed by atoms with Gasteiger partial charge in [-0.2, -0.15) is 15.8 Å². The van der Waals surface area contributed by atoms with Gasteiger partial charge in [0.1, 0.15) is 12.7 Å². The molecule has 2 aromatic carbocycles. The van der Waals surface area contributed by atoms with Gasteiger partial charge in [0.2, 0.25) is 0 Å². The molecule has 1 heterocycles. The summed E-state index contributed by atoms with van der Waals surface area (Å²) in [6.07, 6.45) is 2.00. The molecule has 1 amide bonds. The number of hydrogen-bond donors (Lipinski definition) is 1. The van der Waals surface area contributed by atoms with Crippen LogP contribution in [0.4, 0.5) is 4.79 Å². The summed E-state index contributed by atoms with van der Waals surface area (Å²) in [5.41, 5.74) is 6.66. The zero-order valence-corrected chi connectivity index (χ0v) is 21.9. The second-order valence-electron chi connectivity index (χ2n) is 9.38. The SMILES string of the molecule is CCCOc1cc([C@@H]2[C@H]3CN(C(=O)OCc4ccccc4)CC=C3C(C#N)=C(N)C2(C#N)C#N)ccc1OC. The number of carbonyl (C=O) groups excluding carboxylic acids is 1. The highest BCUT2D eigenvalue weighted by molar-refractivity contribution is 5.69. The minimum absolute atomic E-state index is 0.0885. The summed E-state index contributed by atoms with van der Waals surface area (Å²) in [5.74, 6) is -0.392. The normalized spacial score (nSPS) is 19.5. The topological polar surface area (TPSA) is 145 Å². The molecule has 0 aromatic heterocycles. The number of rotatable bonds is 7. The highest BCUT2D eigenvalue weighted by Gasteiger charge is 2.55. The molecule has 1 aliphatic carbocycles. The van der Waals surface area contributed by atoms with E-state index in [2.05, 4.69) is 18.2 Å². The number of nitrogens with zero attached hydrogens (tertiary/aromatic N) is 4. The smallest absolute Gasteiger partial charge is 0.410 e. The number of methoxy groups -OCH3 is 1. The fraction of sp³-hybridized carbons (Fsp3) is 0.333. The van der Waals surface area contributed by atoms with Crippen molar-refractivity contribution >= 4 is 6.09 Å². The van der Waals surface area contributed by atoms with Crippen molar-refractivity contribution in [1.29, 1.82) is 15.8 Å². The van der Waals surface area contributed by atoms with Crippen LogP contribution >= 0.6 is 0 Å². The molecule has 0 bridgehead atoms. The van der Waals surface area contributed by atoms with Gasteiger partial charge in [-0.3, -0.25) is 0 Å². The van der Waals surface area contributed by atoms with Gasteiger partial charge in [0, 0.05) is 24.9 Å². The summed E-state index contributed by atoms with van der Waals surface area (Å²) in [4.78, 5) is 14.6. The number of hydrogen-bond acceptors (Lipinski definition) is 8. The molecule has 2 N–H and O–H groups in total. The minimum atomic E-state index is -1.85. The lowest BCUT2D eigenvalue weighted by molar-refractivity contribution is 0.0898. The van der Waals surface area contributed by atoms with Gasteiger partial charge in [-0.1, -0.05) is 49.4 Å². The van der Waals surface area contributed by atoms with E-state index in [1.54, 1.807) is 24.3 Å². The Balaban J connectivity index is 1.77. The summed E-state index contributed by atoms with van der Waals surface area (Å²) < 4.78 is 16.9. The van der Waals surface area contributed by atoms with Gasteiger partial charge in [-0.25, -0.2) is 4.79 Å². The Bertz CT molecular complexity index is 1410. The highest BCUT2D eigenvalue weighted by atomic mass is 16.6. The maximum absolute atomic E-state index is 13.1. The van der Waals surface area contributed by atoms with Gasteiger partial charge in [0.15, 0.2) is 16.9 Å². The number of ether oxygens (including phenoxy) is 3. The molecule has 0 unspecified atom stereocenters. The van der Waals surface area contributed by atoms with Crippen LogP contribution in [0.1, 0.15) is 30.4 Å². The molecule has 0 spiro atoms. The van der Waals surface area contributed by atoms with E-state index in [9.17, 15) is 20.6 Å². The van der Waals surface area contributed by atoms with Crippen molar-refractivity contribution in [1.82, 2.24) is 4.90 Å². The zero-order chi connectivity index (χ0) is 28.0. The molecule has 2 atom stereocenters. The molecule has 4 rings (SSSR count). The van der Waals surface area contributed by atoms with Gasteiger partial charge >= 0.3 is 6.09 Å². The van der Waals surface area contributed by atoms with Crippen LogP contribution in [0.3, 0.4) is 0 Å². The van der Waals surface area contributed by atoms with E-state index >= 15 is 0 Å². The molecule has 9 nitrogen and oxygen atoms in total. The predicted octanol–water partition coefficient (Wildman–Crippen LogP) is 4.55. The summed E-state index contributed by atoms with van der Waals surface area (Å²) in [6, 6.07) is 20.9. The maximum Gasteiger partial charge on any atom is 0.410 e. The lowest BCUT2D eigenvalue weighted by atomic mass is 9.58. The monoisotopic (exact) mass is 523 g/mol. The Hall–Kier alpha value is -4.94. The van der Waals surface area contributed by atoms with Crippen molar-refractivity contribution in [3.8, 4) is 29.7 Å². The Labute approximate surface area is 227 Å². The van der Waals surface area contributed by atoms with Crippen LogP contribution in [-0.2, 0) is 11.3 Å². The third-order valence-electron chi connectivity index (χ3n) is 7.14. The summed E-state index contributed by atoms with van der Waals surface area (Å²) in [6.45, 7) is 2.86. The number of nitriles is 3. The van der Waals surface area contributed by atoms with Gasteiger partial charge in [-0.15, -0.1) is 0 Å². The average Bonchev–Trinajstić information content (AvgIpc) is 2.98. The Morgan fingerprint density at radius 1 is 1.13 bits per heavy atom. The van der Waals surface area contributed by atoms with Crippen molar-refractivity contribution in [3.05, 3.63) is 82.6 Å². The minimum Gasteiger partial charge on any atom is -0.493 e. The fourth-order valence-electron chi connectivity index (χ4n) is 5.23. The first kappa shape index (κ1) is 27.1. The lowest BCUT2D eigenvalue weighted by Crippen LogP contribution is -2.49. The van der Waals surface area contributed by atoms with Crippen LogP contribution in [-0.4, -0.2) is 37.8 Å². The van der Waals surface area contributed by atoms with E-state index in [4.69, 9.17) is 19.9 Å². The second-order valence-corrected chi connectivity index (χ2v) is 9.38. The first-order chi connectivity index (χ1) is 18.9. The molecule has 9 heteroatoms. The summed E-state index contributed by atoms with van der Waals surface area (Å²) >= 11 is 0. The molecule has 0 saturated carbocycles. The lowest BCUT2D eigenvalue weighted by Gasteiger charge is -2.45. The fourth-order valence-corrected chi connectivity index (χ4v) is 5.23. The van der Waals surface area contributed by atoms with E-state index in [0.717, 1.165) is 12.0 Å². The van der Waals surface area contributed by atoms with E-state index in [1.807, 2.05) is 37.3 Å². The molecule has 0 saturated heterocycles. The second kappa shape index (κ2) is 11.6. The van der Waals surface area contributed by atoms with E-state index in [1.165, 1.54) is 12.0 Å². The van der Waals surface area contributed by atoms with Crippen molar-refractivity contribution in [2.75, 3.05) is 26.8 Å². The van der Waals surface area contributed by atoms with Crippen LogP contribution in [0.2, 0.25) is 0 Å². The standard InChI is InChI=1S/C30H29N5O4/c1-3-13-38-26-14-21(9-10-25(26)37-2)27-24-16-35(29(36)39-17-20-7-5-4-6-8-20)12-11-22(24)23(15-31)28(34)30(27,18-32)19-33/h4-11,14,24,27H,3,12-13,16-17,34H2,1-2H3/t24-,27+/m0/s1. The molecule has 2 aromatic rings. The van der Waals surface area contributed by atoms with Crippen LogP contribution in [0, 0.1) is 45.3 Å². The molecule has 198 valence electrons. The number of nitrogens with two attached hydrogens (primary N) is 1. The Morgan fingerprint density at radius 2 is 1.87 bits per heavy atom. The van der Waals surface area contributed by atoms with E-state index < -0.39 is 23.3 Å². The van der Waals surface area contributed by atoms with Crippen molar-refractivity contribution in [2.45, 2.75) is 25.9 Å². The summed E-state index contributed by atoms with van der Waals surface area (Å²) in [7, 11) is 1.53. The molecule has 39 heavy (non-hydrogen) atoms. The largest absolute Gasteiger partial charge is 0.493 e. The number of allylic oxidation sites excluding steroid dienone is 2. The first-order valence-corrected chi connectivity index (χ1v) is 12.6. The first-order valence-electron chi connectivity index (χ1n) is 12.6. The van der Waals surface area contributed by atoms with Crippen LogP contribution in [0.15, 0.2) is 71.5 Å². The van der Waals surface area contributed by atoms with Gasteiger partial charge in [0.05, 0.1) is 37.1 Å².